The highest BCUT2D eigenvalue weighted by Gasteiger charge is 2.17. The predicted octanol–water partition coefficient (Wildman–Crippen LogP) is 5.16. The number of carbonyl (C=O) groups is 3. The number of hydrogen-bond donors (Lipinski definition) is 8. The highest BCUT2D eigenvalue weighted by Crippen LogP contribution is 2.26. The molecule has 0 aliphatic rings. The van der Waals surface area contributed by atoms with Crippen molar-refractivity contribution in [1.29, 1.82) is 0 Å². The van der Waals surface area contributed by atoms with E-state index in [2.05, 4.69) is 121 Å². The maximum Gasteiger partial charge on any atom is 0.349 e. The van der Waals surface area contributed by atoms with Gasteiger partial charge in [0.1, 0.15) is 29.2 Å². The van der Waals surface area contributed by atoms with Crippen molar-refractivity contribution < 1.29 is 14.4 Å². The minimum absolute atomic E-state index is 0.0123. The van der Waals surface area contributed by atoms with E-state index in [0.29, 0.717) is 34.9 Å². The second-order valence-electron chi connectivity index (χ2n) is 21.6. The Hall–Kier alpha value is -9.35. The van der Waals surface area contributed by atoms with E-state index in [1.807, 2.05) is 90.8 Å². The molecule has 0 aliphatic heterocycles. The topological polar surface area (TPSA) is 336 Å². The third-order valence-electron chi connectivity index (χ3n) is 11.9. The molecule has 0 bridgehead atoms. The van der Waals surface area contributed by atoms with Crippen LogP contribution in [0.5, 0.6) is 0 Å². The van der Waals surface area contributed by atoms with Gasteiger partial charge < -0.3 is 42.3 Å². The summed E-state index contributed by atoms with van der Waals surface area (Å²) in [5.41, 5.74) is 19.2. The Balaban J connectivity index is 0.000000290. The molecule has 0 saturated carbocycles. The van der Waals surface area contributed by atoms with Gasteiger partial charge in [-0.25, -0.2) is 19.6 Å². The van der Waals surface area contributed by atoms with Gasteiger partial charge in [-0.15, -0.1) is 0 Å². The molecule has 0 radical (unpaired) electrons. The minimum Gasteiger partial charge on any atom is -0.383 e. The number of nitrogens with one attached hydrogen (secondary N) is 5. The molecule has 444 valence electrons. The fourth-order valence-electron chi connectivity index (χ4n) is 7.11. The lowest BCUT2D eigenvalue weighted by Gasteiger charge is -2.09. The van der Waals surface area contributed by atoms with Gasteiger partial charge >= 0.3 is 11.4 Å². The largest absolute Gasteiger partial charge is 0.383 e. The van der Waals surface area contributed by atoms with Crippen molar-refractivity contribution in [1.82, 2.24) is 64.1 Å². The summed E-state index contributed by atoms with van der Waals surface area (Å²) in [6, 6.07) is 0.345. The smallest absolute Gasteiger partial charge is 0.349 e. The molecule has 0 saturated heterocycles. The van der Waals surface area contributed by atoms with Crippen LogP contribution in [0.4, 0.5) is 17.6 Å². The van der Waals surface area contributed by atoms with Gasteiger partial charge in [0.2, 0.25) is 23.7 Å². The quantitative estimate of drug-likeness (QED) is 0.0734. The number of amides is 3. The first-order valence-corrected chi connectivity index (χ1v) is 27.5. The number of H-pyrrole nitrogens is 2. The van der Waals surface area contributed by atoms with Crippen LogP contribution in [0.15, 0.2) is 50.3 Å². The van der Waals surface area contributed by atoms with Crippen molar-refractivity contribution in [3.05, 3.63) is 95.0 Å². The molecule has 0 atom stereocenters. The Morgan fingerprint density at radius 2 is 0.928 bits per heavy atom. The van der Waals surface area contributed by atoms with E-state index in [-0.39, 0.29) is 95.6 Å². The van der Waals surface area contributed by atoms with Crippen molar-refractivity contribution in [3.8, 4) is 47.4 Å². The van der Waals surface area contributed by atoms with E-state index in [9.17, 15) is 33.6 Å². The number of aromatic amines is 2. The first-order valence-electron chi connectivity index (χ1n) is 27.5. The number of hydrogen-bond acceptors (Lipinski definition) is 14. The van der Waals surface area contributed by atoms with Crippen molar-refractivity contribution in [3.63, 3.8) is 0 Å². The highest BCUT2D eigenvalue weighted by atomic mass is 16.2. The van der Waals surface area contributed by atoms with Gasteiger partial charge in [0, 0.05) is 73.1 Å². The molecule has 0 spiro atoms. The van der Waals surface area contributed by atoms with Crippen molar-refractivity contribution >= 4 is 57.4 Å². The first kappa shape index (κ1) is 67.9. The molecule has 0 aromatic carbocycles. The molecule has 6 aromatic heterocycles. The number of fused-ring (bicyclic) bond motifs is 2. The van der Waals surface area contributed by atoms with E-state index in [4.69, 9.17) is 17.2 Å². The lowest BCUT2D eigenvalue weighted by molar-refractivity contribution is -0.124. The summed E-state index contributed by atoms with van der Waals surface area (Å²) in [6.45, 7) is 31.5. The molecule has 0 unspecified atom stereocenters. The zero-order valence-electron chi connectivity index (χ0n) is 50.7. The van der Waals surface area contributed by atoms with Crippen LogP contribution in [0.25, 0.3) is 22.1 Å². The van der Waals surface area contributed by atoms with Gasteiger partial charge in [0.05, 0.1) is 47.1 Å². The number of aromatic nitrogens is 10. The fourth-order valence-corrected chi connectivity index (χ4v) is 7.11. The lowest BCUT2D eigenvalue weighted by Crippen LogP contribution is -2.32. The number of nitrogen functional groups attached to an aromatic ring is 3. The van der Waals surface area contributed by atoms with E-state index in [1.54, 1.807) is 20.0 Å². The Labute approximate surface area is 484 Å². The standard InChI is InChI=1S/C16H21N5O.C16H22N4O.C14H20N4O2.C14H19N3O3/c1-10(2)16(22)18-7-5-6-12-8-21(11(3)4)15-13(12)14(17)19-9-20-15;1-10(2)7-5-6-8-12-9-20(11(3)4)14-13(12)15(21)19-16(17)18-14;1-9(2)13(19)16-7-5-6-11-8-18(10(3)4)14(20)17-12(11)15;1-9(2)12(18)15-7-5-6-11-8-17(10(3)4)14(20)16-13(11)19/h8-11H,7H2,1-4H3,(H,18,22)(H2,17,19,20);9-11H,5,7H2,1-4H3,(H3,17,18,19,21);8-10H,7H2,1-4H3,(H,16,19)(H2,15,17,20);8-10H,7H2,1-4H3,(H,15,18)(H,16,19,20). The van der Waals surface area contributed by atoms with Gasteiger partial charge in [0.15, 0.2) is 5.65 Å². The summed E-state index contributed by atoms with van der Waals surface area (Å²) in [4.78, 5) is 102. The average molecular weight is 1140 g/mol. The Kier molecular flexibility index (Phi) is 26.3. The summed E-state index contributed by atoms with van der Waals surface area (Å²) < 4.78 is 6.82. The summed E-state index contributed by atoms with van der Waals surface area (Å²) in [5, 5.41) is 9.35. The van der Waals surface area contributed by atoms with E-state index in [0.717, 1.165) is 35.0 Å². The molecular weight excluding hydrogens is 1060 g/mol. The van der Waals surface area contributed by atoms with Crippen LogP contribution in [-0.2, 0) is 14.4 Å². The monoisotopic (exact) mass is 1140 g/mol. The van der Waals surface area contributed by atoms with Crippen LogP contribution in [0.2, 0.25) is 0 Å². The Morgan fingerprint density at radius 3 is 1.41 bits per heavy atom. The molecule has 0 aliphatic carbocycles. The minimum atomic E-state index is -0.519. The van der Waals surface area contributed by atoms with Crippen LogP contribution in [0, 0.1) is 71.0 Å². The van der Waals surface area contributed by atoms with Crippen molar-refractivity contribution in [2.45, 2.75) is 148 Å². The molecule has 0 fully saturated rings. The van der Waals surface area contributed by atoms with Gasteiger partial charge in [-0.3, -0.25) is 43.1 Å². The zero-order valence-corrected chi connectivity index (χ0v) is 50.7. The van der Waals surface area contributed by atoms with Gasteiger partial charge in [0.25, 0.3) is 11.1 Å². The zero-order chi connectivity index (χ0) is 62.4. The summed E-state index contributed by atoms with van der Waals surface area (Å²) >= 11 is 0. The van der Waals surface area contributed by atoms with Gasteiger partial charge in [-0.2, -0.15) is 9.97 Å². The normalized spacial score (nSPS) is 10.7. The molecule has 3 amide bonds. The average Bonchev–Trinajstić information content (AvgIpc) is 3.31. The number of carbonyl (C=O) groups excluding carboxylic acids is 3. The summed E-state index contributed by atoms with van der Waals surface area (Å²) in [7, 11) is 0. The van der Waals surface area contributed by atoms with E-state index < -0.39 is 16.9 Å². The van der Waals surface area contributed by atoms with Crippen LogP contribution < -0.4 is 55.6 Å². The van der Waals surface area contributed by atoms with E-state index >= 15 is 0 Å². The molecular formula is C60H82N16O7. The Morgan fingerprint density at radius 1 is 0.494 bits per heavy atom. The molecule has 23 nitrogen and oxygen atoms in total. The maximum atomic E-state index is 12.1. The molecule has 83 heavy (non-hydrogen) atoms. The predicted molar refractivity (Wildman–Crippen MR) is 328 cm³/mol. The maximum absolute atomic E-state index is 12.1. The van der Waals surface area contributed by atoms with Crippen LogP contribution >= 0.6 is 0 Å². The van der Waals surface area contributed by atoms with Crippen LogP contribution in [-0.4, -0.2) is 85.5 Å². The Bertz CT molecular complexity index is 3750. The van der Waals surface area contributed by atoms with Crippen LogP contribution in [0.3, 0.4) is 0 Å². The number of nitrogens with zero attached hydrogens (tertiary/aromatic N) is 8. The van der Waals surface area contributed by atoms with E-state index in [1.165, 1.54) is 21.7 Å². The number of rotatable bonds is 12. The molecule has 6 aromatic rings. The second-order valence-corrected chi connectivity index (χ2v) is 21.6. The third kappa shape index (κ3) is 20.6. The SMILES string of the molecule is CC(C)C(=O)NCC#Cc1cn(C(C)C)c(=O)[nH]c1=O.CC(C)C(=O)NCC#Cc1cn(C(C)C)c(=O)nc1N.CC(C)C(=O)NCC#Cc1cn(C(C)C)c2ncnc(N)c12.CC(C)CCC#Cc1cn(C(C)C)c2nc(N)[nH]c(=O)c12. The first-order chi connectivity index (χ1) is 39.0. The lowest BCUT2D eigenvalue weighted by atomic mass is 10.1. The number of nitrogens with two attached hydrogens (primary N) is 3. The molecule has 6 rings (SSSR count). The van der Waals surface area contributed by atoms with Gasteiger partial charge in [-0.05, 0) is 67.7 Å². The summed E-state index contributed by atoms with van der Waals surface area (Å²) in [5.74, 6) is 24.1. The third-order valence-corrected chi connectivity index (χ3v) is 11.9. The number of anilines is 3. The molecule has 6 heterocycles. The molecule has 23 heteroatoms. The fraction of sp³-hybridized carbons (Fsp3) is 0.483. The van der Waals surface area contributed by atoms with Crippen molar-refractivity contribution in [2.75, 3.05) is 36.8 Å². The van der Waals surface area contributed by atoms with Crippen LogP contribution in [0.1, 0.15) is 170 Å². The van der Waals surface area contributed by atoms with Crippen molar-refractivity contribution in [2.24, 2.45) is 23.7 Å². The van der Waals surface area contributed by atoms with Gasteiger partial charge in [-0.1, -0.05) is 103 Å². The second kappa shape index (κ2) is 32.2. The molecule has 11 N–H and O–H groups in total. The highest BCUT2D eigenvalue weighted by molar-refractivity contribution is 5.92. The summed E-state index contributed by atoms with van der Waals surface area (Å²) in [6.07, 6.45) is 10.2.